The Bertz CT molecular complexity index is 152. The van der Waals surface area contributed by atoms with E-state index in [4.69, 9.17) is 5.73 Å². The molecule has 2 N–H and O–H groups in total. The van der Waals surface area contributed by atoms with Crippen LogP contribution in [0.2, 0.25) is 0 Å². The van der Waals surface area contributed by atoms with Crippen molar-refractivity contribution in [1.82, 2.24) is 0 Å². The fraction of sp³-hybridized carbons (Fsp3) is 0.600. The van der Waals surface area contributed by atoms with Gasteiger partial charge in [0.2, 0.25) is 0 Å². The van der Waals surface area contributed by atoms with E-state index in [-0.39, 0.29) is 72.0 Å². The van der Waals surface area contributed by atoms with E-state index in [9.17, 15) is 19.8 Å². The van der Waals surface area contributed by atoms with Crippen molar-refractivity contribution in [2.24, 2.45) is 5.73 Å². The zero-order valence-electron chi connectivity index (χ0n) is 7.20. The Balaban J connectivity index is -0.000000405. The topological polar surface area (TPSA) is 106 Å². The van der Waals surface area contributed by atoms with Crippen molar-refractivity contribution in [3.8, 4) is 0 Å². The number of carbonyl (C=O) groups excluding carboxylic acids is 2. The van der Waals surface area contributed by atoms with Gasteiger partial charge in [-0.05, 0) is 12.8 Å². The smallest absolute Gasteiger partial charge is 0.550 e. The number of rotatable bonds is 4. The second-order valence-electron chi connectivity index (χ2n) is 1.84. The molecular weight excluding hydrogens is 184 g/mol. The number of nitrogens with two attached hydrogens (primary N) is 1. The van der Waals surface area contributed by atoms with Crippen LogP contribution in [-0.2, 0) is 9.59 Å². The summed E-state index contributed by atoms with van der Waals surface area (Å²) >= 11 is 0. The van der Waals surface area contributed by atoms with E-state index in [1.54, 1.807) is 0 Å². The average molecular weight is 191 g/mol. The molecule has 0 aromatic rings. The van der Waals surface area contributed by atoms with Crippen LogP contribution in [0.3, 0.4) is 0 Å². The van der Waals surface area contributed by atoms with Crippen LogP contribution in [0.25, 0.3) is 0 Å². The van der Waals surface area contributed by atoms with Crippen LogP contribution in [0.1, 0.15) is 12.8 Å². The van der Waals surface area contributed by atoms with Gasteiger partial charge in [0.25, 0.3) is 0 Å². The number of hydrogen-bond donors (Lipinski definition) is 1. The van der Waals surface area contributed by atoms with E-state index in [1.807, 2.05) is 0 Å². The molecule has 0 aliphatic heterocycles. The summed E-state index contributed by atoms with van der Waals surface area (Å²) in [6.45, 7) is 0. The molecule has 0 saturated heterocycles. The van der Waals surface area contributed by atoms with Crippen LogP contribution in [0.4, 0.5) is 0 Å². The van der Waals surface area contributed by atoms with Gasteiger partial charge in [-0.3, -0.25) is 0 Å². The van der Waals surface area contributed by atoms with Crippen LogP contribution in [0.5, 0.6) is 0 Å². The van der Waals surface area contributed by atoms with Crippen molar-refractivity contribution < 1.29 is 78.9 Å². The molecule has 0 unspecified atom stereocenters. The molecule has 0 radical (unpaired) electrons. The molecule has 0 bridgehead atoms. The first-order valence-electron chi connectivity index (χ1n) is 2.70. The van der Waals surface area contributed by atoms with Crippen LogP contribution < -0.4 is 75.1 Å². The second-order valence-corrected chi connectivity index (χ2v) is 1.84. The monoisotopic (exact) mass is 191 g/mol. The molecule has 0 aromatic heterocycles. The van der Waals surface area contributed by atoms with Crippen LogP contribution in [0.15, 0.2) is 0 Å². The maximum atomic E-state index is 9.86. The number of hydrogen-bond acceptors (Lipinski definition) is 5. The van der Waals surface area contributed by atoms with Crippen LogP contribution in [-0.4, -0.2) is 18.0 Å². The third kappa shape index (κ3) is 10.9. The van der Waals surface area contributed by atoms with Gasteiger partial charge in [-0.25, -0.2) is 0 Å². The molecule has 0 rings (SSSR count). The van der Waals surface area contributed by atoms with Crippen molar-refractivity contribution in [3.05, 3.63) is 0 Å². The minimum absolute atomic E-state index is 0. The summed E-state index contributed by atoms with van der Waals surface area (Å²) in [5.41, 5.74) is 4.91. The number of carboxylic acids is 2. The third-order valence-corrected chi connectivity index (χ3v) is 0.962. The zero-order chi connectivity index (χ0) is 8.15. The summed E-state index contributed by atoms with van der Waals surface area (Å²) in [6, 6.07) is -1.21. The Labute approximate surface area is 114 Å². The normalized spacial score (nSPS) is 10.4. The number of aliphatic carboxylic acids is 2. The minimum Gasteiger partial charge on any atom is -0.550 e. The molecule has 58 valence electrons. The molecule has 5 nitrogen and oxygen atoms in total. The zero-order valence-corrected chi connectivity index (χ0v) is 11.2. The Morgan fingerprint density at radius 1 is 1.25 bits per heavy atom. The van der Waals surface area contributed by atoms with Crippen LogP contribution in [0, 0.1) is 0 Å². The maximum Gasteiger partial charge on any atom is 1.00 e. The molecule has 12 heavy (non-hydrogen) atoms. The summed E-state index contributed by atoms with van der Waals surface area (Å²) in [5, 5.41) is 19.6. The Morgan fingerprint density at radius 2 is 1.67 bits per heavy atom. The Hall–Kier alpha value is 0.900. The number of carbonyl (C=O) groups is 2. The Morgan fingerprint density at radius 3 is 1.92 bits per heavy atom. The first-order chi connectivity index (χ1) is 4.54. The van der Waals surface area contributed by atoms with E-state index in [0.29, 0.717) is 0 Å². The standard InChI is InChI=1S/C5H9NO4.2Na/c6-3(5(9)10)1-2-4(7)8;;/h3H,1-2,6H2,(H,7,8)(H,9,10);;/q;2*+1/p-2/t3-;;/m1../s1. The second kappa shape index (κ2) is 9.98. The quantitative estimate of drug-likeness (QED) is 0.444. The van der Waals surface area contributed by atoms with E-state index >= 15 is 0 Å². The predicted octanol–water partition coefficient (Wildman–Crippen LogP) is -9.40. The average Bonchev–Trinajstić information content (AvgIpc) is 1.82. The van der Waals surface area contributed by atoms with E-state index < -0.39 is 18.0 Å². The molecule has 7 heteroatoms. The van der Waals surface area contributed by atoms with Gasteiger partial charge < -0.3 is 25.5 Å². The van der Waals surface area contributed by atoms with Gasteiger partial charge in [-0.15, -0.1) is 0 Å². The van der Waals surface area contributed by atoms with Crippen LogP contribution >= 0.6 is 0 Å². The largest absolute Gasteiger partial charge is 1.00 e. The minimum atomic E-state index is -1.44. The molecule has 1 atom stereocenters. The fourth-order valence-electron chi connectivity index (χ4n) is 0.391. The van der Waals surface area contributed by atoms with Gasteiger partial charge in [-0.2, -0.15) is 0 Å². The summed E-state index contributed by atoms with van der Waals surface area (Å²) in [7, 11) is 0. The summed E-state index contributed by atoms with van der Waals surface area (Å²) in [4.78, 5) is 19.6. The molecule has 0 aliphatic carbocycles. The van der Waals surface area contributed by atoms with Gasteiger partial charge in [0.1, 0.15) is 0 Å². The van der Waals surface area contributed by atoms with Gasteiger partial charge in [0.05, 0.1) is 5.97 Å². The first kappa shape index (κ1) is 18.6. The number of carboxylic acid groups (broad SMARTS) is 2. The SMILES string of the molecule is N[C@H](CCC(=O)[O-])C(=O)[O-].[Na+].[Na+]. The van der Waals surface area contributed by atoms with Crippen molar-refractivity contribution in [2.45, 2.75) is 18.9 Å². The van der Waals surface area contributed by atoms with E-state index in [0.717, 1.165) is 0 Å². The van der Waals surface area contributed by atoms with Crippen molar-refractivity contribution >= 4 is 11.9 Å². The Kier molecular flexibility index (Phi) is 15.5. The van der Waals surface area contributed by atoms with Gasteiger partial charge in [-0.1, -0.05) is 0 Å². The molecule has 0 aliphatic rings. The molecule has 0 heterocycles. The molecule has 0 spiro atoms. The van der Waals surface area contributed by atoms with Crippen molar-refractivity contribution in [1.29, 1.82) is 0 Å². The maximum absolute atomic E-state index is 9.86. The van der Waals surface area contributed by atoms with Gasteiger partial charge in [0.15, 0.2) is 0 Å². The summed E-state index contributed by atoms with van der Waals surface area (Å²) in [6.07, 6.45) is -0.500. The van der Waals surface area contributed by atoms with E-state index in [1.165, 1.54) is 0 Å². The summed E-state index contributed by atoms with van der Waals surface area (Å²) in [5.74, 6) is -2.75. The first-order valence-corrected chi connectivity index (χ1v) is 2.70. The molecule has 0 amide bonds. The van der Waals surface area contributed by atoms with Gasteiger partial charge >= 0.3 is 59.1 Å². The van der Waals surface area contributed by atoms with Crippen molar-refractivity contribution in [3.63, 3.8) is 0 Å². The molecule has 0 fully saturated rings. The molecule has 0 saturated carbocycles. The fourth-order valence-corrected chi connectivity index (χ4v) is 0.391. The molecule has 0 aromatic carbocycles. The van der Waals surface area contributed by atoms with E-state index in [2.05, 4.69) is 0 Å². The third-order valence-electron chi connectivity index (χ3n) is 0.962. The van der Waals surface area contributed by atoms with Gasteiger partial charge in [0, 0.05) is 12.0 Å². The summed E-state index contributed by atoms with van der Waals surface area (Å²) < 4.78 is 0. The predicted molar refractivity (Wildman–Crippen MR) is 27.2 cm³/mol. The van der Waals surface area contributed by atoms with Crippen molar-refractivity contribution in [2.75, 3.05) is 0 Å². The molecular formula is C5H7NNa2O4.